The molecule has 31 heavy (non-hydrogen) atoms. The van der Waals surface area contributed by atoms with E-state index in [-0.39, 0.29) is 0 Å². The van der Waals surface area contributed by atoms with E-state index in [0.29, 0.717) is 10.8 Å². The van der Waals surface area contributed by atoms with Crippen molar-refractivity contribution in [1.29, 1.82) is 0 Å². The van der Waals surface area contributed by atoms with E-state index in [0.717, 1.165) is 17.8 Å². The topological polar surface area (TPSA) is 0 Å². The van der Waals surface area contributed by atoms with Crippen LogP contribution in [0, 0.1) is 28.6 Å². The van der Waals surface area contributed by atoms with Crippen LogP contribution in [0.15, 0.2) is 0 Å². The predicted molar refractivity (Wildman–Crippen MR) is 152 cm³/mol. The van der Waals surface area contributed by atoms with Crippen LogP contribution in [0.2, 0.25) is 0 Å². The van der Waals surface area contributed by atoms with Gasteiger partial charge in [-0.25, -0.2) is 0 Å². The number of hydrogen-bond donors (Lipinski definition) is 0. The molecule has 3 unspecified atom stereocenters. The maximum absolute atomic E-state index is 2.61. The quantitative estimate of drug-likeness (QED) is 0.191. The van der Waals surface area contributed by atoms with Crippen LogP contribution >= 0.6 is 7.26 Å². The molecule has 0 heterocycles. The Morgan fingerprint density at radius 1 is 0.613 bits per heavy atom. The third-order valence-corrected chi connectivity index (χ3v) is 13.2. The molecule has 0 rings (SSSR count). The summed E-state index contributed by atoms with van der Waals surface area (Å²) in [6.07, 6.45) is 20.8. The third kappa shape index (κ3) is 15.8. The van der Waals surface area contributed by atoms with E-state index in [9.17, 15) is 0 Å². The monoisotopic (exact) mass is 456 g/mol. The fourth-order valence-corrected chi connectivity index (χ4v) is 12.7. The van der Waals surface area contributed by atoms with Crippen LogP contribution < -0.4 is 0 Å². The van der Waals surface area contributed by atoms with E-state index < -0.39 is 7.26 Å². The maximum atomic E-state index is 2.61. The van der Waals surface area contributed by atoms with E-state index >= 15 is 0 Å². The molecule has 0 saturated heterocycles. The van der Waals surface area contributed by atoms with E-state index in [2.05, 4.69) is 76.2 Å². The molecule has 0 aliphatic carbocycles. The van der Waals surface area contributed by atoms with Crippen molar-refractivity contribution >= 4 is 7.26 Å². The van der Waals surface area contributed by atoms with Crippen LogP contribution in [0.1, 0.15) is 140 Å². The number of hydrogen-bond acceptors (Lipinski definition) is 0. The molecule has 0 N–H and O–H groups in total. The van der Waals surface area contributed by atoms with Crippen LogP contribution in [0.25, 0.3) is 0 Å². The van der Waals surface area contributed by atoms with Crippen LogP contribution in [0.5, 0.6) is 0 Å². The molecule has 0 aliphatic heterocycles. The van der Waals surface area contributed by atoms with Crippen molar-refractivity contribution in [1.82, 2.24) is 0 Å². The van der Waals surface area contributed by atoms with Crippen LogP contribution in [-0.4, -0.2) is 24.6 Å². The molecule has 0 saturated carbocycles. The van der Waals surface area contributed by atoms with Gasteiger partial charge in [0, 0.05) is 0 Å². The summed E-state index contributed by atoms with van der Waals surface area (Å²) < 4.78 is 0. The SMILES string of the molecule is CCCC[PH](CCCC)(CCCC)CC(CCC(C)CC(C)(C)C)C(C)CC(C)(C)C. The first-order chi connectivity index (χ1) is 14.3. The van der Waals surface area contributed by atoms with Gasteiger partial charge in [-0.2, -0.15) is 0 Å². The summed E-state index contributed by atoms with van der Waals surface area (Å²) >= 11 is 0. The summed E-state index contributed by atoms with van der Waals surface area (Å²) in [5.41, 5.74) is 0.920. The second kappa shape index (κ2) is 15.4. The minimum absolute atomic E-state index is 0.454. The van der Waals surface area contributed by atoms with Gasteiger partial charge in [0.2, 0.25) is 0 Å². The molecule has 0 aromatic rings. The summed E-state index contributed by atoms with van der Waals surface area (Å²) in [7, 11) is -1.18. The van der Waals surface area contributed by atoms with Crippen LogP contribution in [0.3, 0.4) is 0 Å². The molecule has 0 nitrogen and oxygen atoms in total. The Bertz CT molecular complexity index is 403. The number of rotatable bonds is 17. The molecule has 0 aromatic carbocycles. The average molecular weight is 457 g/mol. The molecular formula is C30H65P. The molecule has 3 atom stereocenters. The fraction of sp³-hybridized carbons (Fsp3) is 1.00. The molecular weight excluding hydrogens is 391 g/mol. The molecule has 0 radical (unpaired) electrons. The minimum atomic E-state index is -1.18. The van der Waals surface area contributed by atoms with Crippen molar-refractivity contribution in [2.45, 2.75) is 140 Å². The first-order valence-electron chi connectivity index (χ1n) is 14.3. The normalized spacial score (nSPS) is 16.9. The number of unbranched alkanes of at least 4 members (excludes halogenated alkanes) is 3. The van der Waals surface area contributed by atoms with Gasteiger partial charge in [0.1, 0.15) is 0 Å². The van der Waals surface area contributed by atoms with Crippen molar-refractivity contribution in [3.05, 3.63) is 0 Å². The van der Waals surface area contributed by atoms with E-state index in [4.69, 9.17) is 0 Å². The zero-order valence-corrected chi connectivity index (χ0v) is 25.1. The summed E-state index contributed by atoms with van der Waals surface area (Å²) in [5.74, 6) is 2.69. The molecule has 1 heteroatoms. The van der Waals surface area contributed by atoms with Gasteiger partial charge in [0.15, 0.2) is 0 Å². The zero-order valence-electron chi connectivity index (χ0n) is 24.1. The van der Waals surface area contributed by atoms with Crippen molar-refractivity contribution in [2.75, 3.05) is 24.6 Å². The van der Waals surface area contributed by atoms with Crippen molar-refractivity contribution in [3.8, 4) is 0 Å². The standard InChI is InChI=1S/C30H65P/c1-12-15-20-31(21-16-13-2,22-17-14-3)25-28(27(5)24-30(9,10)11)19-18-26(4)23-29(6,7)8/h26-28,31H,12-25H2,1-11H3. The fourth-order valence-electron chi connectivity index (χ4n) is 6.26. The van der Waals surface area contributed by atoms with Crippen molar-refractivity contribution in [3.63, 3.8) is 0 Å². The van der Waals surface area contributed by atoms with Gasteiger partial charge in [-0.1, -0.05) is 0 Å². The Labute approximate surface area is 200 Å². The Balaban J connectivity index is 5.60. The summed E-state index contributed by atoms with van der Waals surface area (Å²) in [6, 6.07) is 0. The second-order valence-electron chi connectivity index (χ2n) is 14.0. The first-order valence-corrected chi connectivity index (χ1v) is 17.1. The molecule has 0 amide bonds. The summed E-state index contributed by atoms with van der Waals surface area (Å²) in [5, 5.41) is 0. The Morgan fingerprint density at radius 2 is 1.03 bits per heavy atom. The van der Waals surface area contributed by atoms with Crippen molar-refractivity contribution in [2.24, 2.45) is 28.6 Å². The van der Waals surface area contributed by atoms with E-state index in [1.807, 2.05) is 0 Å². The average Bonchev–Trinajstić information content (AvgIpc) is 2.63. The van der Waals surface area contributed by atoms with Crippen LogP contribution in [-0.2, 0) is 0 Å². The second-order valence-corrected chi connectivity index (χ2v) is 18.9. The Morgan fingerprint density at radius 3 is 1.39 bits per heavy atom. The molecule has 0 aliphatic rings. The molecule has 0 aromatic heterocycles. The van der Waals surface area contributed by atoms with Gasteiger partial charge in [0.25, 0.3) is 0 Å². The van der Waals surface area contributed by atoms with E-state index in [1.165, 1.54) is 64.2 Å². The Hall–Kier alpha value is 0.430. The van der Waals surface area contributed by atoms with E-state index in [1.54, 1.807) is 24.6 Å². The van der Waals surface area contributed by atoms with Gasteiger partial charge in [-0.05, 0) is 0 Å². The third-order valence-electron chi connectivity index (χ3n) is 7.61. The Kier molecular flexibility index (Phi) is 15.6. The molecule has 190 valence electrons. The van der Waals surface area contributed by atoms with Gasteiger partial charge >= 0.3 is 201 Å². The zero-order chi connectivity index (χ0) is 24.1. The van der Waals surface area contributed by atoms with Gasteiger partial charge < -0.3 is 0 Å². The molecule has 0 bridgehead atoms. The summed E-state index contributed by atoms with van der Waals surface area (Å²) in [6.45, 7) is 27.0. The van der Waals surface area contributed by atoms with Crippen molar-refractivity contribution < 1.29 is 0 Å². The first kappa shape index (κ1) is 31.4. The van der Waals surface area contributed by atoms with Gasteiger partial charge in [0.05, 0.1) is 0 Å². The molecule has 0 fully saturated rings. The predicted octanol–water partition coefficient (Wildman–Crippen LogP) is 10.7. The van der Waals surface area contributed by atoms with Crippen LogP contribution in [0.4, 0.5) is 0 Å². The summed E-state index contributed by atoms with van der Waals surface area (Å²) in [4.78, 5) is 0. The van der Waals surface area contributed by atoms with Gasteiger partial charge in [-0.3, -0.25) is 0 Å². The molecule has 0 spiro atoms. The van der Waals surface area contributed by atoms with Gasteiger partial charge in [-0.15, -0.1) is 0 Å².